The van der Waals surface area contributed by atoms with Crippen molar-refractivity contribution in [1.29, 1.82) is 0 Å². The van der Waals surface area contributed by atoms with Gasteiger partial charge in [-0.25, -0.2) is 0 Å². The third-order valence-corrected chi connectivity index (χ3v) is 6.11. The molecule has 0 spiro atoms. The highest BCUT2D eigenvalue weighted by atomic mass is 16.2. The molecule has 0 bridgehead atoms. The molecular weight excluding hydrogens is 392 g/mol. The molecule has 156 valence electrons. The van der Waals surface area contributed by atoms with Gasteiger partial charge in [-0.15, -0.1) is 0 Å². The monoisotopic (exact) mass is 414 g/mol. The minimum atomic E-state index is -0.358. The first-order valence-electron chi connectivity index (χ1n) is 10.3. The van der Waals surface area contributed by atoms with Gasteiger partial charge in [0.2, 0.25) is 0 Å². The number of benzene rings is 2. The van der Waals surface area contributed by atoms with Crippen LogP contribution in [0.25, 0.3) is 10.9 Å². The fraction of sp³-hybridized carbons (Fsp3) is 0.250. The third kappa shape index (κ3) is 3.37. The molecule has 0 radical (unpaired) electrons. The van der Waals surface area contributed by atoms with Crippen LogP contribution >= 0.6 is 0 Å². The van der Waals surface area contributed by atoms with Crippen molar-refractivity contribution in [3.05, 3.63) is 77.0 Å². The molecule has 0 N–H and O–H groups in total. The van der Waals surface area contributed by atoms with Gasteiger partial charge in [0.05, 0.1) is 16.6 Å². The van der Waals surface area contributed by atoms with Crippen molar-refractivity contribution in [2.75, 3.05) is 33.2 Å². The Kier molecular flexibility index (Phi) is 4.75. The highest BCUT2D eigenvalue weighted by molar-refractivity contribution is 6.21. The molecule has 0 atom stereocenters. The first-order chi connectivity index (χ1) is 15.0. The predicted molar refractivity (Wildman–Crippen MR) is 116 cm³/mol. The highest BCUT2D eigenvalue weighted by Crippen LogP contribution is 2.24. The Labute approximate surface area is 179 Å². The van der Waals surface area contributed by atoms with Crippen molar-refractivity contribution in [3.63, 3.8) is 0 Å². The van der Waals surface area contributed by atoms with Crippen LogP contribution < -0.4 is 0 Å². The molecule has 0 unspecified atom stereocenters. The number of imide groups is 1. The molecule has 7 nitrogen and oxygen atoms in total. The lowest BCUT2D eigenvalue weighted by Gasteiger charge is -2.35. The van der Waals surface area contributed by atoms with E-state index in [2.05, 4.69) is 34.1 Å². The van der Waals surface area contributed by atoms with Crippen LogP contribution in [-0.2, 0) is 6.54 Å². The summed E-state index contributed by atoms with van der Waals surface area (Å²) in [4.78, 5) is 47.0. The molecule has 7 heteroatoms. The SMILES string of the molecule is CN1C(=O)c2ccc(C(=O)N3CCN(Cc4cccc5cccnc45)CC3)cc2C1=O. The maximum absolute atomic E-state index is 13.0. The lowest BCUT2D eigenvalue weighted by molar-refractivity contribution is 0.0628. The fourth-order valence-electron chi connectivity index (χ4n) is 4.32. The second-order valence-corrected chi connectivity index (χ2v) is 7.99. The fourth-order valence-corrected chi connectivity index (χ4v) is 4.32. The number of hydrogen-bond acceptors (Lipinski definition) is 5. The zero-order valence-electron chi connectivity index (χ0n) is 17.2. The van der Waals surface area contributed by atoms with E-state index in [0.29, 0.717) is 29.8 Å². The average molecular weight is 414 g/mol. The summed E-state index contributed by atoms with van der Waals surface area (Å²) in [6, 6.07) is 15.0. The van der Waals surface area contributed by atoms with Gasteiger partial charge in [-0.05, 0) is 29.8 Å². The molecule has 5 rings (SSSR count). The third-order valence-electron chi connectivity index (χ3n) is 6.11. The number of carbonyl (C=O) groups excluding carboxylic acids is 3. The van der Waals surface area contributed by atoms with Crippen molar-refractivity contribution in [3.8, 4) is 0 Å². The van der Waals surface area contributed by atoms with Crippen LogP contribution in [-0.4, -0.2) is 70.6 Å². The molecule has 1 saturated heterocycles. The van der Waals surface area contributed by atoms with E-state index in [1.807, 2.05) is 17.2 Å². The normalized spacial score (nSPS) is 16.8. The van der Waals surface area contributed by atoms with Crippen LogP contribution in [0, 0.1) is 0 Å². The topological polar surface area (TPSA) is 73.8 Å². The number of fused-ring (bicyclic) bond motifs is 2. The van der Waals surface area contributed by atoms with E-state index in [1.165, 1.54) is 12.6 Å². The van der Waals surface area contributed by atoms with Crippen LogP contribution in [0.3, 0.4) is 0 Å². The highest BCUT2D eigenvalue weighted by Gasteiger charge is 2.34. The average Bonchev–Trinajstić information content (AvgIpc) is 3.03. The first-order valence-corrected chi connectivity index (χ1v) is 10.3. The largest absolute Gasteiger partial charge is 0.336 e. The number of hydrogen-bond donors (Lipinski definition) is 0. The summed E-state index contributed by atoms with van der Waals surface area (Å²) in [5.74, 6) is -0.789. The maximum Gasteiger partial charge on any atom is 0.261 e. The number of rotatable bonds is 3. The van der Waals surface area contributed by atoms with E-state index < -0.39 is 0 Å². The summed E-state index contributed by atoms with van der Waals surface area (Å²) in [7, 11) is 1.46. The van der Waals surface area contributed by atoms with Gasteiger partial charge in [0.15, 0.2) is 0 Å². The Morgan fingerprint density at radius 2 is 1.68 bits per heavy atom. The van der Waals surface area contributed by atoms with Gasteiger partial charge in [-0.1, -0.05) is 24.3 Å². The lowest BCUT2D eigenvalue weighted by Crippen LogP contribution is -2.48. The van der Waals surface area contributed by atoms with Gasteiger partial charge in [-0.2, -0.15) is 0 Å². The minimum absolute atomic E-state index is 0.107. The lowest BCUT2D eigenvalue weighted by atomic mass is 10.0. The first kappa shape index (κ1) is 19.4. The predicted octanol–water partition coefficient (Wildman–Crippen LogP) is 2.42. The van der Waals surface area contributed by atoms with Gasteiger partial charge in [0, 0.05) is 56.9 Å². The molecule has 0 saturated carbocycles. The zero-order chi connectivity index (χ0) is 21.5. The quantitative estimate of drug-likeness (QED) is 0.616. The summed E-state index contributed by atoms with van der Waals surface area (Å²) in [6.45, 7) is 3.54. The van der Waals surface area contributed by atoms with Crippen molar-refractivity contribution >= 4 is 28.6 Å². The number of piperazine rings is 1. The molecule has 31 heavy (non-hydrogen) atoms. The van der Waals surface area contributed by atoms with E-state index in [4.69, 9.17) is 0 Å². The van der Waals surface area contributed by atoms with E-state index in [1.54, 1.807) is 18.2 Å². The molecule has 1 fully saturated rings. The second-order valence-electron chi connectivity index (χ2n) is 7.99. The van der Waals surface area contributed by atoms with Gasteiger partial charge in [0.1, 0.15) is 0 Å². The Balaban J connectivity index is 1.26. The van der Waals surface area contributed by atoms with Gasteiger partial charge >= 0.3 is 0 Å². The van der Waals surface area contributed by atoms with Crippen molar-refractivity contribution in [2.24, 2.45) is 0 Å². The Morgan fingerprint density at radius 3 is 2.48 bits per heavy atom. The summed E-state index contributed by atoms with van der Waals surface area (Å²) in [5, 5.41) is 1.13. The van der Waals surface area contributed by atoms with E-state index in [0.717, 1.165) is 35.4 Å². The van der Waals surface area contributed by atoms with Crippen LogP contribution in [0.5, 0.6) is 0 Å². The Hall–Kier alpha value is -3.58. The molecule has 2 aromatic carbocycles. The molecule has 3 amide bonds. The summed E-state index contributed by atoms with van der Waals surface area (Å²) >= 11 is 0. The van der Waals surface area contributed by atoms with Crippen molar-refractivity contribution < 1.29 is 14.4 Å². The summed E-state index contributed by atoms with van der Waals surface area (Å²) in [5.41, 5.74) is 3.31. The molecule has 3 aromatic rings. The number of para-hydroxylation sites is 1. The Bertz CT molecular complexity index is 1210. The number of aromatic nitrogens is 1. The van der Waals surface area contributed by atoms with Crippen LogP contribution in [0.4, 0.5) is 0 Å². The van der Waals surface area contributed by atoms with Gasteiger partial charge in [0.25, 0.3) is 17.7 Å². The van der Waals surface area contributed by atoms with E-state index in [-0.39, 0.29) is 17.7 Å². The van der Waals surface area contributed by atoms with Gasteiger partial charge < -0.3 is 4.90 Å². The van der Waals surface area contributed by atoms with Crippen LogP contribution in [0.1, 0.15) is 36.6 Å². The van der Waals surface area contributed by atoms with Gasteiger partial charge in [-0.3, -0.25) is 29.2 Å². The molecule has 1 aromatic heterocycles. The summed E-state index contributed by atoms with van der Waals surface area (Å²) < 4.78 is 0. The zero-order valence-corrected chi connectivity index (χ0v) is 17.2. The van der Waals surface area contributed by atoms with E-state index >= 15 is 0 Å². The molecule has 3 heterocycles. The smallest absolute Gasteiger partial charge is 0.261 e. The number of carbonyl (C=O) groups is 3. The molecule has 2 aliphatic rings. The van der Waals surface area contributed by atoms with E-state index in [9.17, 15) is 14.4 Å². The standard InChI is InChI=1S/C24H22N4O3/c1-26-23(30)19-8-7-17(14-20(19)24(26)31)22(29)28-12-10-27(11-13-28)15-18-5-2-4-16-6-3-9-25-21(16)18/h2-9,14H,10-13,15H2,1H3. The molecule has 0 aliphatic carbocycles. The summed E-state index contributed by atoms with van der Waals surface area (Å²) in [6.07, 6.45) is 1.81. The minimum Gasteiger partial charge on any atom is -0.336 e. The van der Waals surface area contributed by atoms with Crippen LogP contribution in [0.15, 0.2) is 54.7 Å². The number of nitrogens with zero attached hydrogens (tertiary/aromatic N) is 4. The van der Waals surface area contributed by atoms with Crippen molar-refractivity contribution in [1.82, 2.24) is 19.7 Å². The second kappa shape index (κ2) is 7.59. The number of amides is 3. The number of pyridine rings is 1. The van der Waals surface area contributed by atoms with Crippen molar-refractivity contribution in [2.45, 2.75) is 6.54 Å². The molecule has 2 aliphatic heterocycles. The Morgan fingerprint density at radius 1 is 0.935 bits per heavy atom. The molecular formula is C24H22N4O3. The maximum atomic E-state index is 13.0. The van der Waals surface area contributed by atoms with Crippen LogP contribution in [0.2, 0.25) is 0 Å².